The van der Waals surface area contributed by atoms with Crippen LogP contribution in [0, 0.1) is 0 Å². The minimum Gasteiger partial charge on any atom is -0.283 e. The summed E-state index contributed by atoms with van der Waals surface area (Å²) in [4.78, 5) is 24.6. The Bertz CT molecular complexity index is 976. The van der Waals surface area contributed by atoms with Gasteiger partial charge in [0.2, 0.25) is 0 Å². The molecule has 0 N–H and O–H groups in total. The SMILES string of the molecule is C=CCn1c(SCc2ccccn2)nc2sc3c(c2c1=O)CCCC3. The molecular weight excluding hydrogens is 350 g/mol. The second-order valence-electron chi connectivity index (χ2n) is 6.10. The lowest BCUT2D eigenvalue weighted by molar-refractivity contribution is 0.668. The number of hydrogen-bond acceptors (Lipinski definition) is 5. The number of aromatic nitrogens is 3. The zero-order valence-corrected chi connectivity index (χ0v) is 15.5. The minimum atomic E-state index is 0.0767. The maximum absolute atomic E-state index is 13.1. The second kappa shape index (κ2) is 7.14. The topological polar surface area (TPSA) is 47.8 Å². The van der Waals surface area contributed by atoms with E-state index in [0.29, 0.717) is 12.3 Å². The van der Waals surface area contributed by atoms with Crippen molar-refractivity contribution in [1.82, 2.24) is 14.5 Å². The molecule has 0 aromatic carbocycles. The summed E-state index contributed by atoms with van der Waals surface area (Å²) in [6.07, 6.45) is 8.00. The van der Waals surface area contributed by atoms with Gasteiger partial charge < -0.3 is 0 Å². The van der Waals surface area contributed by atoms with E-state index >= 15 is 0 Å². The van der Waals surface area contributed by atoms with E-state index in [1.54, 1.807) is 39.9 Å². The number of fused-ring (bicyclic) bond motifs is 3. The van der Waals surface area contributed by atoms with Crippen molar-refractivity contribution in [1.29, 1.82) is 0 Å². The first-order valence-electron chi connectivity index (χ1n) is 8.46. The lowest BCUT2D eigenvalue weighted by Gasteiger charge is -2.12. The number of thiophene rings is 1. The zero-order chi connectivity index (χ0) is 17.2. The smallest absolute Gasteiger partial charge is 0.263 e. The fourth-order valence-electron chi connectivity index (χ4n) is 3.24. The summed E-state index contributed by atoms with van der Waals surface area (Å²) >= 11 is 3.26. The van der Waals surface area contributed by atoms with Gasteiger partial charge in [-0.3, -0.25) is 14.3 Å². The molecule has 0 amide bonds. The van der Waals surface area contributed by atoms with Crippen molar-refractivity contribution in [2.45, 2.75) is 43.1 Å². The summed E-state index contributed by atoms with van der Waals surface area (Å²) in [7, 11) is 0. The summed E-state index contributed by atoms with van der Waals surface area (Å²) in [6.45, 7) is 4.29. The Balaban J connectivity index is 1.78. The molecule has 4 nitrogen and oxygen atoms in total. The van der Waals surface area contributed by atoms with Gasteiger partial charge in [0.25, 0.3) is 5.56 Å². The van der Waals surface area contributed by atoms with Gasteiger partial charge in [0.15, 0.2) is 5.16 Å². The number of hydrogen-bond donors (Lipinski definition) is 0. The quantitative estimate of drug-likeness (QED) is 0.384. The maximum Gasteiger partial charge on any atom is 0.263 e. The van der Waals surface area contributed by atoms with Crippen LogP contribution in [0.2, 0.25) is 0 Å². The molecule has 128 valence electrons. The molecule has 6 heteroatoms. The highest BCUT2D eigenvalue weighted by molar-refractivity contribution is 7.98. The van der Waals surface area contributed by atoms with Crippen LogP contribution in [0.25, 0.3) is 10.2 Å². The Morgan fingerprint density at radius 2 is 2.20 bits per heavy atom. The van der Waals surface area contributed by atoms with Gasteiger partial charge in [-0.05, 0) is 43.4 Å². The van der Waals surface area contributed by atoms with Gasteiger partial charge in [0.05, 0.1) is 11.1 Å². The van der Waals surface area contributed by atoms with Crippen molar-refractivity contribution in [3.63, 3.8) is 0 Å². The summed E-state index contributed by atoms with van der Waals surface area (Å²) in [5.41, 5.74) is 2.30. The zero-order valence-electron chi connectivity index (χ0n) is 13.9. The summed E-state index contributed by atoms with van der Waals surface area (Å²) < 4.78 is 1.75. The maximum atomic E-state index is 13.1. The van der Waals surface area contributed by atoms with Crippen molar-refractivity contribution in [3.8, 4) is 0 Å². The highest BCUT2D eigenvalue weighted by Gasteiger charge is 2.21. The molecule has 0 saturated heterocycles. The van der Waals surface area contributed by atoms with E-state index in [-0.39, 0.29) is 5.56 Å². The number of allylic oxidation sites excluding steroid dienone is 1. The lowest BCUT2D eigenvalue weighted by Crippen LogP contribution is -2.23. The third-order valence-electron chi connectivity index (χ3n) is 4.43. The molecule has 0 radical (unpaired) electrons. The van der Waals surface area contributed by atoms with Gasteiger partial charge in [0, 0.05) is 23.4 Å². The normalized spacial score (nSPS) is 13.8. The monoisotopic (exact) mass is 369 g/mol. The van der Waals surface area contributed by atoms with Crippen molar-refractivity contribution in [2.75, 3.05) is 0 Å². The van der Waals surface area contributed by atoms with E-state index in [0.717, 1.165) is 40.3 Å². The molecule has 3 heterocycles. The molecule has 1 aliphatic carbocycles. The van der Waals surface area contributed by atoms with E-state index in [2.05, 4.69) is 11.6 Å². The molecule has 0 saturated carbocycles. The van der Waals surface area contributed by atoms with Gasteiger partial charge in [-0.1, -0.05) is 23.9 Å². The average Bonchev–Trinajstić information content (AvgIpc) is 3.02. The van der Waals surface area contributed by atoms with Gasteiger partial charge >= 0.3 is 0 Å². The molecule has 0 unspecified atom stereocenters. The Labute approximate surface area is 154 Å². The van der Waals surface area contributed by atoms with Gasteiger partial charge in [0.1, 0.15) is 4.83 Å². The fraction of sp³-hybridized carbons (Fsp3) is 0.316. The Hall–Kier alpha value is -1.92. The minimum absolute atomic E-state index is 0.0767. The predicted octanol–water partition coefficient (Wildman–Crippen LogP) is 4.21. The fourth-order valence-corrected chi connectivity index (χ4v) is 5.47. The van der Waals surface area contributed by atoms with Crippen molar-refractivity contribution >= 4 is 33.3 Å². The molecule has 25 heavy (non-hydrogen) atoms. The predicted molar refractivity (Wildman–Crippen MR) is 105 cm³/mol. The van der Waals surface area contributed by atoms with Crippen LogP contribution in [-0.4, -0.2) is 14.5 Å². The third kappa shape index (κ3) is 3.16. The van der Waals surface area contributed by atoms with E-state index < -0.39 is 0 Å². The summed E-state index contributed by atoms with van der Waals surface area (Å²) in [6, 6.07) is 5.87. The van der Waals surface area contributed by atoms with Crippen molar-refractivity contribution < 1.29 is 0 Å². The van der Waals surface area contributed by atoms with Crippen molar-refractivity contribution in [2.24, 2.45) is 0 Å². The molecule has 3 aromatic rings. The van der Waals surface area contributed by atoms with Crippen LogP contribution in [0.3, 0.4) is 0 Å². The van der Waals surface area contributed by atoms with E-state index in [1.165, 1.54) is 16.9 Å². The Kier molecular flexibility index (Phi) is 4.72. The number of thioether (sulfide) groups is 1. The molecular formula is C19H19N3OS2. The van der Waals surface area contributed by atoms with Crippen LogP contribution in [-0.2, 0) is 25.1 Å². The molecule has 3 aromatic heterocycles. The van der Waals surface area contributed by atoms with E-state index in [1.807, 2.05) is 18.2 Å². The first kappa shape index (κ1) is 16.5. The van der Waals surface area contributed by atoms with Crippen LogP contribution in [0.5, 0.6) is 0 Å². The van der Waals surface area contributed by atoms with Crippen LogP contribution in [0.1, 0.15) is 29.0 Å². The average molecular weight is 370 g/mol. The van der Waals surface area contributed by atoms with Gasteiger partial charge in [-0.25, -0.2) is 4.98 Å². The van der Waals surface area contributed by atoms with Crippen LogP contribution < -0.4 is 5.56 Å². The first-order chi connectivity index (χ1) is 12.3. The molecule has 0 bridgehead atoms. The molecule has 0 atom stereocenters. The molecule has 1 aliphatic rings. The number of rotatable bonds is 5. The molecule has 0 spiro atoms. The van der Waals surface area contributed by atoms with Gasteiger partial charge in [-0.2, -0.15) is 0 Å². The highest BCUT2D eigenvalue weighted by atomic mass is 32.2. The standard InChI is InChI=1S/C19H19N3OS2/c1-2-11-22-18(23)16-14-8-3-4-9-15(14)25-17(16)21-19(22)24-12-13-7-5-6-10-20-13/h2,5-7,10H,1,3-4,8-9,11-12H2. The second-order valence-corrected chi connectivity index (χ2v) is 8.13. The summed E-state index contributed by atoms with van der Waals surface area (Å²) in [5.74, 6) is 0.695. The van der Waals surface area contributed by atoms with Crippen LogP contribution in [0.15, 0.2) is 47.0 Å². The Morgan fingerprint density at radius 1 is 1.32 bits per heavy atom. The van der Waals surface area contributed by atoms with Gasteiger partial charge in [-0.15, -0.1) is 17.9 Å². The molecule has 0 fully saturated rings. The third-order valence-corrected chi connectivity index (χ3v) is 6.62. The molecule has 4 rings (SSSR count). The van der Waals surface area contributed by atoms with Crippen LogP contribution >= 0.6 is 23.1 Å². The van der Waals surface area contributed by atoms with Crippen molar-refractivity contribution in [3.05, 3.63) is 63.5 Å². The largest absolute Gasteiger partial charge is 0.283 e. The first-order valence-corrected chi connectivity index (χ1v) is 10.3. The number of aryl methyl sites for hydroxylation is 2. The Morgan fingerprint density at radius 3 is 3.00 bits per heavy atom. The lowest BCUT2D eigenvalue weighted by atomic mass is 9.97. The summed E-state index contributed by atoms with van der Waals surface area (Å²) in [5, 5.41) is 1.59. The number of nitrogens with zero attached hydrogens (tertiary/aromatic N) is 3. The molecule has 0 aliphatic heterocycles. The van der Waals surface area contributed by atoms with E-state index in [9.17, 15) is 4.79 Å². The number of pyridine rings is 1. The van der Waals surface area contributed by atoms with Crippen LogP contribution in [0.4, 0.5) is 0 Å². The highest BCUT2D eigenvalue weighted by Crippen LogP contribution is 2.35. The van der Waals surface area contributed by atoms with E-state index in [4.69, 9.17) is 4.98 Å².